The molecular formula is C31H36Cl3N3O4S. The summed E-state index contributed by atoms with van der Waals surface area (Å²) < 4.78 is 29.2. The van der Waals surface area contributed by atoms with Gasteiger partial charge in [-0.15, -0.1) is 0 Å². The molecule has 3 aromatic carbocycles. The predicted molar refractivity (Wildman–Crippen MR) is 171 cm³/mol. The van der Waals surface area contributed by atoms with Gasteiger partial charge in [-0.05, 0) is 81.6 Å². The smallest absolute Gasteiger partial charge is 0.264 e. The average Bonchev–Trinajstić information content (AvgIpc) is 2.93. The van der Waals surface area contributed by atoms with Crippen LogP contribution in [0.15, 0.2) is 65.6 Å². The van der Waals surface area contributed by atoms with Gasteiger partial charge in [-0.1, -0.05) is 72.4 Å². The van der Waals surface area contributed by atoms with Crippen LogP contribution in [0.5, 0.6) is 0 Å². The third-order valence-electron chi connectivity index (χ3n) is 7.09. The van der Waals surface area contributed by atoms with E-state index in [2.05, 4.69) is 5.32 Å². The summed E-state index contributed by atoms with van der Waals surface area (Å²) >= 11 is 19.1. The monoisotopic (exact) mass is 651 g/mol. The van der Waals surface area contributed by atoms with Gasteiger partial charge in [0.25, 0.3) is 10.0 Å². The van der Waals surface area contributed by atoms with E-state index in [1.165, 1.54) is 17.0 Å². The molecule has 0 bridgehead atoms. The summed E-state index contributed by atoms with van der Waals surface area (Å²) in [4.78, 5) is 29.1. The Kier molecular flexibility index (Phi) is 11.7. The van der Waals surface area contributed by atoms with E-state index in [1.54, 1.807) is 62.4 Å². The van der Waals surface area contributed by atoms with Gasteiger partial charge in [0.05, 0.1) is 10.6 Å². The van der Waals surface area contributed by atoms with Crippen molar-refractivity contribution in [1.82, 2.24) is 10.2 Å². The van der Waals surface area contributed by atoms with E-state index >= 15 is 0 Å². The minimum Gasteiger partial charge on any atom is -0.352 e. The van der Waals surface area contributed by atoms with E-state index in [0.29, 0.717) is 38.3 Å². The second-order valence-corrected chi connectivity index (χ2v) is 13.3. The molecule has 0 aliphatic heterocycles. The molecule has 3 rings (SSSR count). The summed E-state index contributed by atoms with van der Waals surface area (Å²) in [5, 5.41) is 4.03. The van der Waals surface area contributed by atoms with Crippen LogP contribution >= 0.6 is 34.8 Å². The maximum atomic E-state index is 14.3. The van der Waals surface area contributed by atoms with Crippen LogP contribution < -0.4 is 9.62 Å². The lowest BCUT2D eigenvalue weighted by Crippen LogP contribution is -2.53. The fourth-order valence-corrected chi connectivity index (χ4v) is 6.69. The summed E-state index contributed by atoms with van der Waals surface area (Å²) in [6.07, 6.45) is 0.978. The van der Waals surface area contributed by atoms with Gasteiger partial charge in [0.1, 0.15) is 12.6 Å². The molecule has 0 saturated heterocycles. The fraction of sp³-hybridized carbons (Fsp3) is 0.355. The molecule has 0 aliphatic carbocycles. The van der Waals surface area contributed by atoms with Gasteiger partial charge in [-0.2, -0.15) is 0 Å². The van der Waals surface area contributed by atoms with E-state index < -0.39 is 28.5 Å². The summed E-state index contributed by atoms with van der Waals surface area (Å²) in [6, 6.07) is 15.1. The fourth-order valence-electron chi connectivity index (χ4n) is 4.46. The third kappa shape index (κ3) is 7.98. The van der Waals surface area contributed by atoms with Gasteiger partial charge in [0.2, 0.25) is 11.8 Å². The third-order valence-corrected chi connectivity index (χ3v) is 9.81. The second-order valence-electron chi connectivity index (χ2n) is 10.2. The average molecular weight is 653 g/mol. The molecule has 2 amide bonds. The van der Waals surface area contributed by atoms with Gasteiger partial charge in [0, 0.05) is 33.2 Å². The van der Waals surface area contributed by atoms with E-state index in [1.807, 2.05) is 20.8 Å². The van der Waals surface area contributed by atoms with Crippen LogP contribution in [-0.4, -0.2) is 43.8 Å². The number of aryl methyl sites for hydroxylation is 2. The maximum Gasteiger partial charge on any atom is 0.264 e. The molecule has 7 nitrogen and oxygen atoms in total. The van der Waals surface area contributed by atoms with Gasteiger partial charge < -0.3 is 10.2 Å². The number of amides is 2. The number of sulfonamides is 1. The summed E-state index contributed by atoms with van der Waals surface area (Å²) in [7, 11) is -4.21. The maximum absolute atomic E-state index is 14.3. The molecule has 0 saturated carbocycles. The largest absolute Gasteiger partial charge is 0.352 e. The molecule has 0 heterocycles. The van der Waals surface area contributed by atoms with Crippen molar-refractivity contribution in [3.05, 3.63) is 92.4 Å². The number of nitrogens with zero attached hydrogens (tertiary/aromatic N) is 2. The molecule has 0 aromatic heterocycles. The van der Waals surface area contributed by atoms with Crippen molar-refractivity contribution in [2.45, 2.75) is 71.0 Å². The first kappa shape index (κ1) is 33.7. The number of halogens is 3. The highest BCUT2D eigenvalue weighted by molar-refractivity contribution is 7.92. The quantitative estimate of drug-likeness (QED) is 0.225. The Morgan fingerprint density at radius 1 is 0.905 bits per heavy atom. The van der Waals surface area contributed by atoms with Crippen molar-refractivity contribution >= 4 is 62.3 Å². The summed E-state index contributed by atoms with van der Waals surface area (Å²) in [5.41, 5.74) is 2.20. The summed E-state index contributed by atoms with van der Waals surface area (Å²) in [5.74, 6) is -0.943. The molecule has 226 valence electrons. The molecule has 0 unspecified atom stereocenters. The van der Waals surface area contributed by atoms with Gasteiger partial charge in [-0.3, -0.25) is 13.9 Å². The molecule has 1 N–H and O–H groups in total. The van der Waals surface area contributed by atoms with Crippen molar-refractivity contribution in [3.8, 4) is 0 Å². The number of benzene rings is 3. The topological polar surface area (TPSA) is 86.8 Å². The van der Waals surface area contributed by atoms with Crippen LogP contribution in [0.25, 0.3) is 0 Å². The van der Waals surface area contributed by atoms with Crippen LogP contribution in [0.3, 0.4) is 0 Å². The Morgan fingerprint density at radius 3 is 2.07 bits per heavy atom. The normalized spacial score (nSPS) is 12.9. The molecule has 42 heavy (non-hydrogen) atoms. The van der Waals surface area contributed by atoms with E-state index in [9.17, 15) is 18.0 Å². The van der Waals surface area contributed by atoms with Crippen LogP contribution in [0.4, 0.5) is 5.69 Å². The van der Waals surface area contributed by atoms with Gasteiger partial charge in [-0.25, -0.2) is 8.42 Å². The van der Waals surface area contributed by atoms with Crippen molar-refractivity contribution in [1.29, 1.82) is 0 Å². The molecule has 0 fully saturated rings. The zero-order valence-corrected chi connectivity index (χ0v) is 27.4. The number of anilines is 1. The molecule has 3 aromatic rings. The molecule has 0 radical (unpaired) electrons. The van der Waals surface area contributed by atoms with Gasteiger partial charge in [0.15, 0.2) is 0 Å². The lowest BCUT2D eigenvalue weighted by atomic mass is 10.1. The zero-order valence-electron chi connectivity index (χ0n) is 24.3. The lowest BCUT2D eigenvalue weighted by molar-refractivity contribution is -0.140. The minimum absolute atomic E-state index is 0.0255. The van der Waals surface area contributed by atoms with Crippen LogP contribution in [0, 0.1) is 13.8 Å². The second kappa shape index (κ2) is 14.6. The number of hydrogen-bond acceptors (Lipinski definition) is 4. The summed E-state index contributed by atoms with van der Waals surface area (Å²) in [6.45, 7) is 8.52. The molecule has 2 atom stereocenters. The molecule has 11 heteroatoms. The Hall–Kier alpha value is -2.78. The van der Waals surface area contributed by atoms with E-state index in [0.717, 1.165) is 9.87 Å². The van der Waals surface area contributed by atoms with Crippen molar-refractivity contribution in [3.63, 3.8) is 0 Å². The van der Waals surface area contributed by atoms with Crippen LogP contribution in [0.1, 0.15) is 50.3 Å². The molecule has 0 spiro atoms. The van der Waals surface area contributed by atoms with E-state index in [4.69, 9.17) is 34.8 Å². The number of hydrogen-bond donors (Lipinski definition) is 1. The first-order chi connectivity index (χ1) is 19.8. The number of rotatable bonds is 12. The van der Waals surface area contributed by atoms with Crippen LogP contribution in [0.2, 0.25) is 15.1 Å². The molecule has 0 aliphatic rings. The van der Waals surface area contributed by atoms with Crippen molar-refractivity contribution < 1.29 is 18.0 Å². The highest BCUT2D eigenvalue weighted by Gasteiger charge is 2.35. The highest BCUT2D eigenvalue weighted by Crippen LogP contribution is 2.31. The Labute approximate surface area is 263 Å². The SMILES string of the molecule is CC[C@H](C(=O)N[C@@H](C)CC)N(Cc1c(Cl)cccc1Cl)C(=O)CN(c1ccc(Cl)cc1C)S(=O)(=O)c1ccc(C)cc1. The highest BCUT2D eigenvalue weighted by atomic mass is 35.5. The Balaban J connectivity index is 2.13. The van der Waals surface area contributed by atoms with E-state index in [-0.39, 0.29) is 29.8 Å². The molecular weight excluding hydrogens is 617 g/mol. The number of nitrogens with one attached hydrogen (secondary N) is 1. The number of carbonyl (C=O) groups excluding carboxylic acids is 2. The standard InChI is InChI=1S/C31H36Cl3N3O4S/c1-6-22(5)35-31(39)28(7-2)36(18-25-26(33)9-8-10-27(25)34)30(38)19-37(29-16-13-23(32)17-21(29)4)42(40,41)24-14-11-20(3)12-15-24/h8-17,22,28H,6-7,18-19H2,1-5H3,(H,35,39)/t22-,28+/m0/s1. The van der Waals surface area contributed by atoms with Crippen molar-refractivity contribution in [2.75, 3.05) is 10.8 Å². The van der Waals surface area contributed by atoms with Crippen molar-refractivity contribution in [2.24, 2.45) is 0 Å². The zero-order chi connectivity index (χ0) is 31.2. The first-order valence-electron chi connectivity index (χ1n) is 13.7. The Bertz CT molecular complexity index is 1510. The predicted octanol–water partition coefficient (Wildman–Crippen LogP) is 7.18. The van der Waals surface area contributed by atoms with Crippen LogP contribution in [-0.2, 0) is 26.2 Å². The lowest BCUT2D eigenvalue weighted by Gasteiger charge is -2.34. The van der Waals surface area contributed by atoms with Gasteiger partial charge >= 0.3 is 0 Å². The number of carbonyl (C=O) groups is 2. The first-order valence-corrected chi connectivity index (χ1v) is 16.3. The minimum atomic E-state index is -4.21. The Morgan fingerprint density at radius 2 is 1.52 bits per heavy atom.